The number of urea groups is 1. The second-order valence-corrected chi connectivity index (χ2v) is 6.77. The Morgan fingerprint density at radius 1 is 1.26 bits per heavy atom. The molecule has 2 N–H and O–H groups in total. The molecule has 1 aromatic rings. The van der Waals surface area contributed by atoms with Gasteiger partial charge in [0, 0.05) is 13.1 Å². The number of rotatable bonds is 2. The van der Waals surface area contributed by atoms with Crippen molar-refractivity contribution < 1.29 is 14.7 Å². The normalized spacial score (nSPS) is 27.2. The van der Waals surface area contributed by atoms with Crippen LogP contribution in [0.5, 0.6) is 0 Å². The van der Waals surface area contributed by atoms with Crippen LogP contribution < -0.4 is 5.32 Å². The molecule has 23 heavy (non-hydrogen) atoms. The molecular weight excluding hydrogens is 292 g/mol. The number of hydrogen-bond acceptors (Lipinski definition) is 2. The van der Waals surface area contributed by atoms with E-state index in [0.29, 0.717) is 25.4 Å². The number of piperidine rings is 1. The molecule has 1 saturated heterocycles. The van der Waals surface area contributed by atoms with E-state index in [-0.39, 0.29) is 12.1 Å². The molecule has 0 spiro atoms. The zero-order valence-corrected chi connectivity index (χ0v) is 13.5. The van der Waals surface area contributed by atoms with Gasteiger partial charge in [-0.15, -0.1) is 0 Å². The average Bonchev–Trinajstić information content (AvgIpc) is 2.57. The van der Waals surface area contributed by atoms with Gasteiger partial charge in [0.2, 0.25) is 0 Å². The largest absolute Gasteiger partial charge is 0.481 e. The number of aliphatic carboxylic acids is 1. The summed E-state index contributed by atoms with van der Waals surface area (Å²) < 4.78 is 0. The van der Waals surface area contributed by atoms with Gasteiger partial charge < -0.3 is 15.3 Å². The van der Waals surface area contributed by atoms with E-state index in [0.717, 1.165) is 19.3 Å². The first-order chi connectivity index (χ1) is 11.1. The Labute approximate surface area is 136 Å². The molecule has 1 aromatic carbocycles. The number of carbonyl (C=O) groups excluding carboxylic acids is 1. The molecule has 1 aliphatic heterocycles. The lowest BCUT2D eigenvalue weighted by Crippen LogP contribution is -2.49. The van der Waals surface area contributed by atoms with E-state index < -0.39 is 11.9 Å². The lowest BCUT2D eigenvalue weighted by Gasteiger charge is -2.36. The highest BCUT2D eigenvalue weighted by molar-refractivity contribution is 5.77. The number of aryl methyl sites for hydroxylation is 1. The van der Waals surface area contributed by atoms with E-state index in [1.54, 1.807) is 4.90 Å². The first-order valence-electron chi connectivity index (χ1n) is 8.42. The average molecular weight is 316 g/mol. The fraction of sp³-hybridized carbons (Fsp3) is 0.556. The van der Waals surface area contributed by atoms with Crippen LogP contribution in [0, 0.1) is 11.8 Å². The van der Waals surface area contributed by atoms with Crippen molar-refractivity contribution in [2.24, 2.45) is 11.8 Å². The Bertz CT molecular complexity index is 602. The fourth-order valence-corrected chi connectivity index (χ4v) is 3.73. The lowest BCUT2D eigenvalue weighted by atomic mass is 9.81. The summed E-state index contributed by atoms with van der Waals surface area (Å²) in [4.78, 5) is 25.4. The Morgan fingerprint density at radius 2 is 2.04 bits per heavy atom. The highest BCUT2D eigenvalue weighted by Gasteiger charge is 2.32. The molecule has 0 radical (unpaired) electrons. The Morgan fingerprint density at radius 3 is 2.83 bits per heavy atom. The van der Waals surface area contributed by atoms with Crippen molar-refractivity contribution in [3.63, 3.8) is 0 Å². The first-order valence-corrected chi connectivity index (χ1v) is 8.42. The summed E-state index contributed by atoms with van der Waals surface area (Å²) in [5.74, 6) is -0.863. The first kappa shape index (κ1) is 15.8. The van der Waals surface area contributed by atoms with Crippen LogP contribution in [0.4, 0.5) is 4.79 Å². The quantitative estimate of drug-likeness (QED) is 0.881. The van der Waals surface area contributed by atoms with Crippen molar-refractivity contribution in [2.75, 3.05) is 13.1 Å². The zero-order valence-electron chi connectivity index (χ0n) is 13.5. The van der Waals surface area contributed by atoms with Crippen LogP contribution in [-0.4, -0.2) is 35.1 Å². The summed E-state index contributed by atoms with van der Waals surface area (Å²) in [6, 6.07) is 8.14. The topological polar surface area (TPSA) is 69.6 Å². The number of nitrogens with one attached hydrogen (secondary N) is 1. The molecule has 0 bridgehead atoms. The molecule has 5 heteroatoms. The third-order valence-electron chi connectivity index (χ3n) is 5.17. The van der Waals surface area contributed by atoms with Crippen LogP contribution in [0.1, 0.15) is 43.4 Å². The van der Waals surface area contributed by atoms with Gasteiger partial charge in [-0.25, -0.2) is 4.79 Å². The van der Waals surface area contributed by atoms with E-state index in [1.807, 2.05) is 12.1 Å². The molecule has 2 amide bonds. The van der Waals surface area contributed by atoms with Gasteiger partial charge >= 0.3 is 12.0 Å². The second-order valence-electron chi connectivity index (χ2n) is 6.77. The van der Waals surface area contributed by atoms with Gasteiger partial charge in [-0.1, -0.05) is 31.2 Å². The summed E-state index contributed by atoms with van der Waals surface area (Å²) in [6.07, 6.45) is 3.51. The molecule has 1 aliphatic carbocycles. The van der Waals surface area contributed by atoms with Gasteiger partial charge in [0.15, 0.2) is 0 Å². The molecule has 1 heterocycles. The van der Waals surface area contributed by atoms with Crippen LogP contribution in [0.3, 0.4) is 0 Å². The number of nitrogens with zero attached hydrogens (tertiary/aromatic N) is 1. The number of carboxylic acid groups (broad SMARTS) is 1. The van der Waals surface area contributed by atoms with Crippen LogP contribution >= 0.6 is 0 Å². The highest BCUT2D eigenvalue weighted by Crippen LogP contribution is 2.34. The van der Waals surface area contributed by atoms with Crippen molar-refractivity contribution in [1.82, 2.24) is 10.2 Å². The molecule has 124 valence electrons. The minimum absolute atomic E-state index is 0.0117. The van der Waals surface area contributed by atoms with Gasteiger partial charge in [-0.2, -0.15) is 0 Å². The number of likely N-dealkylation sites (tertiary alicyclic amines) is 1. The summed E-state index contributed by atoms with van der Waals surface area (Å²) in [6.45, 7) is 3.11. The third-order valence-corrected chi connectivity index (χ3v) is 5.17. The van der Waals surface area contributed by atoms with Gasteiger partial charge in [0.25, 0.3) is 0 Å². The SMILES string of the molecule is CC1CCc2ccccc2C1NC(=O)N1CCCC(C(=O)O)C1. The van der Waals surface area contributed by atoms with Crippen molar-refractivity contribution in [3.8, 4) is 0 Å². The van der Waals surface area contributed by atoms with E-state index in [9.17, 15) is 14.7 Å². The number of hydrogen-bond donors (Lipinski definition) is 2. The Kier molecular flexibility index (Phi) is 4.55. The molecule has 3 rings (SSSR count). The van der Waals surface area contributed by atoms with Crippen molar-refractivity contribution >= 4 is 12.0 Å². The Balaban J connectivity index is 1.71. The number of benzene rings is 1. The second kappa shape index (κ2) is 6.60. The maximum absolute atomic E-state index is 12.6. The smallest absolute Gasteiger partial charge is 0.317 e. The third kappa shape index (κ3) is 3.33. The molecule has 5 nitrogen and oxygen atoms in total. The van der Waals surface area contributed by atoms with Crippen LogP contribution in [-0.2, 0) is 11.2 Å². The van der Waals surface area contributed by atoms with Gasteiger partial charge in [-0.3, -0.25) is 4.79 Å². The van der Waals surface area contributed by atoms with Crippen molar-refractivity contribution in [2.45, 2.75) is 38.6 Å². The molecule has 0 saturated carbocycles. The summed E-state index contributed by atoms with van der Waals surface area (Å²) in [5, 5.41) is 12.3. The van der Waals surface area contributed by atoms with Crippen LogP contribution in [0.15, 0.2) is 24.3 Å². The van der Waals surface area contributed by atoms with E-state index in [2.05, 4.69) is 24.4 Å². The number of carboxylic acids is 1. The van der Waals surface area contributed by atoms with Crippen molar-refractivity contribution in [1.29, 1.82) is 0 Å². The minimum atomic E-state index is -0.807. The predicted octanol–water partition coefficient (Wildman–Crippen LogP) is 2.82. The van der Waals surface area contributed by atoms with Gasteiger partial charge in [-0.05, 0) is 42.7 Å². The van der Waals surface area contributed by atoms with E-state index in [1.165, 1.54) is 11.1 Å². The van der Waals surface area contributed by atoms with Gasteiger partial charge in [0.05, 0.1) is 12.0 Å². The molecule has 3 unspecified atom stereocenters. The summed E-state index contributed by atoms with van der Waals surface area (Å²) >= 11 is 0. The lowest BCUT2D eigenvalue weighted by molar-refractivity contribution is -0.143. The van der Waals surface area contributed by atoms with E-state index >= 15 is 0 Å². The molecule has 2 aliphatic rings. The number of fused-ring (bicyclic) bond motifs is 1. The standard InChI is InChI=1S/C18H24N2O3/c1-12-8-9-13-5-2-3-7-15(13)16(12)19-18(23)20-10-4-6-14(11-20)17(21)22/h2-3,5,7,12,14,16H,4,6,8-11H2,1H3,(H,19,23)(H,21,22). The van der Waals surface area contributed by atoms with Gasteiger partial charge in [0.1, 0.15) is 0 Å². The summed E-state index contributed by atoms with van der Waals surface area (Å²) in [5.41, 5.74) is 2.50. The monoisotopic (exact) mass is 316 g/mol. The maximum Gasteiger partial charge on any atom is 0.317 e. The number of carbonyl (C=O) groups is 2. The zero-order chi connectivity index (χ0) is 16.4. The summed E-state index contributed by atoms with van der Waals surface area (Å²) in [7, 11) is 0. The molecule has 3 atom stereocenters. The van der Waals surface area contributed by atoms with E-state index in [4.69, 9.17) is 0 Å². The number of amides is 2. The minimum Gasteiger partial charge on any atom is -0.481 e. The molecule has 1 fully saturated rings. The molecular formula is C18H24N2O3. The maximum atomic E-state index is 12.6. The van der Waals surface area contributed by atoms with Crippen LogP contribution in [0.25, 0.3) is 0 Å². The highest BCUT2D eigenvalue weighted by atomic mass is 16.4. The fourth-order valence-electron chi connectivity index (χ4n) is 3.73. The Hall–Kier alpha value is -2.04. The molecule has 0 aromatic heterocycles. The van der Waals surface area contributed by atoms with Crippen LogP contribution in [0.2, 0.25) is 0 Å². The predicted molar refractivity (Wildman–Crippen MR) is 87.1 cm³/mol. The van der Waals surface area contributed by atoms with Crippen molar-refractivity contribution in [3.05, 3.63) is 35.4 Å².